The first-order valence-corrected chi connectivity index (χ1v) is 10.0. The number of rotatable bonds is 7. The van der Waals surface area contributed by atoms with Gasteiger partial charge in [0.25, 0.3) is 0 Å². The van der Waals surface area contributed by atoms with Gasteiger partial charge < -0.3 is 5.32 Å². The lowest BCUT2D eigenvalue weighted by Crippen LogP contribution is -2.29. The van der Waals surface area contributed by atoms with Gasteiger partial charge in [-0.05, 0) is 54.4 Å². The highest BCUT2D eigenvalue weighted by molar-refractivity contribution is 5.80. The molecule has 31 heavy (non-hydrogen) atoms. The van der Waals surface area contributed by atoms with Gasteiger partial charge in [0.05, 0.1) is 24.9 Å². The van der Waals surface area contributed by atoms with Crippen LogP contribution in [0.25, 0.3) is 22.4 Å². The molecule has 0 fully saturated rings. The molecule has 3 aromatic heterocycles. The summed E-state index contributed by atoms with van der Waals surface area (Å²) in [6.07, 6.45) is 7.36. The second kappa shape index (κ2) is 9.30. The average molecular weight is 415 g/mol. The molecule has 0 saturated carbocycles. The molecule has 156 valence electrons. The Morgan fingerprint density at radius 2 is 1.77 bits per heavy atom. The number of aryl methyl sites for hydroxylation is 1. The van der Waals surface area contributed by atoms with Crippen LogP contribution in [-0.4, -0.2) is 32.2 Å². The Morgan fingerprint density at radius 1 is 1.00 bits per heavy atom. The monoisotopic (exact) mass is 415 g/mol. The van der Waals surface area contributed by atoms with Crippen molar-refractivity contribution in [3.05, 3.63) is 90.4 Å². The number of hydrogen-bond acceptors (Lipinski definition) is 4. The summed E-state index contributed by atoms with van der Waals surface area (Å²) in [7, 11) is 0. The minimum Gasteiger partial charge on any atom is -0.354 e. The number of nitrogens with one attached hydrogen (secondary N) is 1. The molecule has 1 N–H and O–H groups in total. The van der Waals surface area contributed by atoms with Crippen LogP contribution in [0.2, 0.25) is 0 Å². The maximum atomic E-state index is 13.0. The van der Waals surface area contributed by atoms with Crippen molar-refractivity contribution in [2.45, 2.75) is 19.9 Å². The Hall–Kier alpha value is -3.87. The lowest BCUT2D eigenvalue weighted by Gasteiger charge is -2.11. The van der Waals surface area contributed by atoms with Gasteiger partial charge in [-0.25, -0.2) is 4.39 Å². The zero-order valence-corrected chi connectivity index (χ0v) is 17.1. The Balaban J connectivity index is 1.50. The standard InChI is InChI=1S/C24H22FN5O/c1-17-2-5-20(15-28-17)24-22(19-8-10-26-11-9-19)16-29-30(24)13-12-27-23(31)14-18-3-6-21(25)7-4-18/h2-11,15-16H,12-14H2,1H3,(H,27,31). The Bertz CT molecular complexity index is 1160. The average Bonchev–Trinajstić information content (AvgIpc) is 3.20. The molecular formula is C24H22FN5O. The van der Waals surface area contributed by atoms with E-state index in [-0.39, 0.29) is 18.1 Å². The predicted octanol–water partition coefficient (Wildman–Crippen LogP) is 3.81. The third-order valence-electron chi connectivity index (χ3n) is 4.94. The summed E-state index contributed by atoms with van der Waals surface area (Å²) < 4.78 is 14.9. The molecule has 0 aliphatic rings. The van der Waals surface area contributed by atoms with Crippen molar-refractivity contribution < 1.29 is 9.18 Å². The number of pyridine rings is 2. The van der Waals surface area contributed by atoms with E-state index in [0.717, 1.165) is 33.6 Å². The van der Waals surface area contributed by atoms with Gasteiger partial charge in [-0.1, -0.05) is 12.1 Å². The Morgan fingerprint density at radius 3 is 2.48 bits per heavy atom. The normalized spacial score (nSPS) is 10.8. The lowest BCUT2D eigenvalue weighted by molar-refractivity contribution is -0.120. The van der Waals surface area contributed by atoms with Gasteiger partial charge >= 0.3 is 0 Å². The van der Waals surface area contributed by atoms with E-state index in [4.69, 9.17) is 0 Å². The fourth-order valence-electron chi connectivity index (χ4n) is 3.36. The molecule has 0 atom stereocenters. The number of nitrogens with zero attached hydrogens (tertiary/aromatic N) is 4. The van der Waals surface area contributed by atoms with Crippen LogP contribution in [0, 0.1) is 12.7 Å². The molecule has 0 aliphatic heterocycles. The minimum absolute atomic E-state index is 0.119. The molecule has 4 aromatic rings. The maximum Gasteiger partial charge on any atom is 0.224 e. The number of carbonyl (C=O) groups excluding carboxylic acids is 1. The van der Waals surface area contributed by atoms with Crippen molar-refractivity contribution in [2.75, 3.05) is 6.54 Å². The number of benzene rings is 1. The first kappa shape index (κ1) is 20.4. The van der Waals surface area contributed by atoms with E-state index in [1.54, 1.807) is 24.5 Å². The van der Waals surface area contributed by atoms with Crippen molar-refractivity contribution in [1.82, 2.24) is 25.1 Å². The third-order valence-corrected chi connectivity index (χ3v) is 4.94. The first-order valence-electron chi connectivity index (χ1n) is 10.0. The van der Waals surface area contributed by atoms with E-state index in [2.05, 4.69) is 20.4 Å². The zero-order chi connectivity index (χ0) is 21.6. The minimum atomic E-state index is -0.314. The maximum absolute atomic E-state index is 13.0. The second-order valence-electron chi connectivity index (χ2n) is 7.21. The fraction of sp³-hybridized carbons (Fsp3) is 0.167. The summed E-state index contributed by atoms with van der Waals surface area (Å²) in [5.41, 5.74) is 5.58. The summed E-state index contributed by atoms with van der Waals surface area (Å²) in [5.74, 6) is -0.433. The molecule has 0 unspecified atom stereocenters. The summed E-state index contributed by atoms with van der Waals surface area (Å²) >= 11 is 0. The molecular weight excluding hydrogens is 393 g/mol. The second-order valence-corrected chi connectivity index (χ2v) is 7.21. The first-order chi connectivity index (χ1) is 15.1. The van der Waals surface area contributed by atoms with Crippen LogP contribution in [0.15, 0.2) is 73.3 Å². The van der Waals surface area contributed by atoms with Crippen LogP contribution < -0.4 is 5.32 Å². The molecule has 6 nitrogen and oxygen atoms in total. The van der Waals surface area contributed by atoms with Gasteiger partial charge in [0.1, 0.15) is 5.82 Å². The van der Waals surface area contributed by atoms with E-state index < -0.39 is 0 Å². The highest BCUT2D eigenvalue weighted by Crippen LogP contribution is 2.31. The number of aromatic nitrogens is 4. The van der Waals surface area contributed by atoms with E-state index in [0.29, 0.717) is 13.1 Å². The molecule has 7 heteroatoms. The fourth-order valence-corrected chi connectivity index (χ4v) is 3.36. The van der Waals surface area contributed by atoms with Crippen LogP contribution in [0.1, 0.15) is 11.3 Å². The van der Waals surface area contributed by atoms with E-state index in [9.17, 15) is 9.18 Å². The molecule has 3 heterocycles. The predicted molar refractivity (Wildman–Crippen MR) is 117 cm³/mol. The molecule has 0 spiro atoms. The van der Waals surface area contributed by atoms with Gasteiger partial charge in [0, 0.05) is 42.0 Å². The van der Waals surface area contributed by atoms with Crippen LogP contribution in [0.5, 0.6) is 0 Å². The Kier molecular flexibility index (Phi) is 6.12. The summed E-state index contributed by atoms with van der Waals surface area (Å²) in [5, 5.41) is 7.47. The van der Waals surface area contributed by atoms with Gasteiger partial charge in [0.2, 0.25) is 5.91 Å². The third kappa shape index (κ3) is 5.01. The molecule has 4 rings (SSSR count). The van der Waals surface area contributed by atoms with E-state index in [1.165, 1.54) is 12.1 Å². The van der Waals surface area contributed by atoms with Crippen molar-refractivity contribution in [3.8, 4) is 22.4 Å². The van der Waals surface area contributed by atoms with Crippen molar-refractivity contribution in [1.29, 1.82) is 0 Å². The molecule has 1 amide bonds. The van der Waals surface area contributed by atoms with Gasteiger partial charge in [-0.15, -0.1) is 0 Å². The van der Waals surface area contributed by atoms with Crippen LogP contribution in [0.4, 0.5) is 4.39 Å². The topological polar surface area (TPSA) is 72.7 Å². The smallest absolute Gasteiger partial charge is 0.224 e. The van der Waals surface area contributed by atoms with E-state index >= 15 is 0 Å². The molecule has 1 aromatic carbocycles. The highest BCUT2D eigenvalue weighted by atomic mass is 19.1. The summed E-state index contributed by atoms with van der Waals surface area (Å²) in [6.45, 7) is 2.87. The largest absolute Gasteiger partial charge is 0.354 e. The number of halogens is 1. The van der Waals surface area contributed by atoms with Crippen molar-refractivity contribution in [3.63, 3.8) is 0 Å². The molecule has 0 radical (unpaired) electrons. The molecule has 0 aliphatic carbocycles. The summed E-state index contributed by atoms with van der Waals surface area (Å²) in [4.78, 5) is 20.8. The van der Waals surface area contributed by atoms with Crippen LogP contribution in [0.3, 0.4) is 0 Å². The van der Waals surface area contributed by atoms with E-state index in [1.807, 2.05) is 48.3 Å². The van der Waals surface area contributed by atoms with Crippen LogP contribution >= 0.6 is 0 Å². The van der Waals surface area contributed by atoms with Gasteiger partial charge in [-0.3, -0.25) is 19.4 Å². The number of amides is 1. The highest BCUT2D eigenvalue weighted by Gasteiger charge is 2.15. The Labute approximate surface area is 179 Å². The van der Waals surface area contributed by atoms with Crippen LogP contribution in [-0.2, 0) is 17.8 Å². The molecule has 0 saturated heterocycles. The number of hydrogen-bond donors (Lipinski definition) is 1. The van der Waals surface area contributed by atoms with Gasteiger partial charge in [0.15, 0.2) is 0 Å². The quantitative estimate of drug-likeness (QED) is 0.498. The van der Waals surface area contributed by atoms with Crippen molar-refractivity contribution in [2.24, 2.45) is 0 Å². The zero-order valence-electron chi connectivity index (χ0n) is 17.1. The summed E-state index contributed by atoms with van der Waals surface area (Å²) in [6, 6.07) is 13.8. The SMILES string of the molecule is Cc1ccc(-c2c(-c3ccncc3)cnn2CCNC(=O)Cc2ccc(F)cc2)cn1. The van der Waals surface area contributed by atoms with Gasteiger partial charge in [-0.2, -0.15) is 5.10 Å². The van der Waals surface area contributed by atoms with Crippen molar-refractivity contribution >= 4 is 5.91 Å². The number of carbonyl (C=O) groups is 1. The molecule has 0 bridgehead atoms. The lowest BCUT2D eigenvalue weighted by atomic mass is 10.0.